The number of piperidine rings is 1. The molecule has 1 saturated carbocycles. The van der Waals surface area contributed by atoms with Crippen LogP contribution in [0, 0.1) is 11.3 Å². The summed E-state index contributed by atoms with van der Waals surface area (Å²) in [6.45, 7) is 1.12. The first-order chi connectivity index (χ1) is 18.1. The van der Waals surface area contributed by atoms with Crippen molar-refractivity contribution in [2.75, 3.05) is 33.7 Å². The number of hydrogen-bond acceptors (Lipinski definition) is 2. The van der Waals surface area contributed by atoms with Crippen molar-refractivity contribution in [3.05, 3.63) is 59.7 Å². The highest BCUT2D eigenvalue weighted by Gasteiger charge is 2.69. The average molecular weight is 560 g/mol. The Morgan fingerprint density at radius 3 is 2.03 bits per heavy atom. The molecular weight excluding hydrogens is 522 g/mol. The number of likely N-dealkylation sites (N-methyl/N-ethyl adjacent to an activating group) is 1. The van der Waals surface area contributed by atoms with Crippen LogP contribution in [0.3, 0.4) is 0 Å². The van der Waals surface area contributed by atoms with Crippen molar-refractivity contribution in [3.63, 3.8) is 0 Å². The van der Waals surface area contributed by atoms with E-state index in [1.165, 1.54) is 0 Å². The second kappa shape index (κ2) is 10.6. The second-order valence-electron chi connectivity index (χ2n) is 11.9. The molecule has 1 aliphatic heterocycles. The molecule has 1 unspecified atom stereocenters. The maximum absolute atomic E-state index is 13.8. The minimum absolute atomic E-state index is 0.0524. The lowest BCUT2D eigenvalue weighted by Gasteiger charge is -2.45. The smallest absolute Gasteiger partial charge is 0.375 e. The fourth-order valence-corrected chi connectivity index (χ4v) is 6.55. The molecule has 4 nitrogen and oxygen atoms in total. The minimum Gasteiger partial charge on any atom is -0.375 e. The van der Waals surface area contributed by atoms with Gasteiger partial charge in [0, 0.05) is 37.4 Å². The quantitative estimate of drug-likeness (QED) is 0.337. The van der Waals surface area contributed by atoms with Gasteiger partial charge in [-0.3, -0.25) is 4.79 Å². The summed E-state index contributed by atoms with van der Waals surface area (Å²) < 4.78 is 80.7. The number of carbonyl (C=O) groups excluding carboxylic acids is 1. The molecule has 0 aromatic heterocycles. The molecule has 1 amide bonds. The predicted octanol–water partition coefficient (Wildman–Crippen LogP) is 6.13. The number of carbonyl (C=O) groups is 1. The fourth-order valence-electron chi connectivity index (χ4n) is 6.55. The van der Waals surface area contributed by atoms with E-state index >= 15 is 0 Å². The Hall–Kier alpha value is -2.33. The zero-order valence-electron chi connectivity index (χ0n) is 22.4. The summed E-state index contributed by atoms with van der Waals surface area (Å²) >= 11 is 0. The third kappa shape index (κ3) is 5.51. The standard InChI is InChI=1S/C29H37F6N2O2/c1-37(2,20-21-12-16-26(17-13-21,28(30,31)32)29(33,34)35)24-14-18-36(19-15-24)25(38)27(39,23-10-6-7-11-23)22-8-4-3-5-9-22/h3-5,8-9,12-13,16,23-24,39H,6-7,10-11,14-15,17-20H2,1-2H3/q+1. The van der Waals surface area contributed by atoms with Crippen molar-refractivity contribution >= 4 is 5.91 Å². The summed E-state index contributed by atoms with van der Waals surface area (Å²) in [5, 5.41) is 11.8. The van der Waals surface area contributed by atoms with Gasteiger partial charge in [0.2, 0.25) is 0 Å². The number of allylic oxidation sites excluding steroid dienone is 2. The van der Waals surface area contributed by atoms with Crippen LogP contribution < -0.4 is 0 Å². The minimum atomic E-state index is -5.44. The van der Waals surface area contributed by atoms with Gasteiger partial charge in [-0.25, -0.2) is 0 Å². The van der Waals surface area contributed by atoms with Crippen LogP contribution in [-0.4, -0.2) is 72.5 Å². The lowest BCUT2D eigenvalue weighted by Crippen LogP contribution is -2.58. The number of likely N-dealkylation sites (tertiary alicyclic amines) is 1. The predicted molar refractivity (Wildman–Crippen MR) is 135 cm³/mol. The number of halogens is 6. The van der Waals surface area contributed by atoms with Gasteiger partial charge in [-0.1, -0.05) is 61.4 Å². The van der Waals surface area contributed by atoms with Crippen molar-refractivity contribution in [1.29, 1.82) is 0 Å². The Balaban J connectivity index is 1.42. The average Bonchev–Trinajstić information content (AvgIpc) is 3.43. The molecule has 39 heavy (non-hydrogen) atoms. The Kier molecular flexibility index (Phi) is 8.04. The van der Waals surface area contributed by atoms with Crippen LogP contribution in [0.1, 0.15) is 50.5 Å². The van der Waals surface area contributed by atoms with E-state index in [9.17, 15) is 36.2 Å². The first-order valence-electron chi connectivity index (χ1n) is 13.5. The number of aliphatic hydroxyl groups is 1. The molecule has 216 valence electrons. The monoisotopic (exact) mass is 559 g/mol. The molecule has 10 heteroatoms. The molecule has 1 aromatic rings. The second-order valence-corrected chi connectivity index (χ2v) is 11.9. The maximum Gasteiger partial charge on any atom is 0.406 e. The third-order valence-electron chi connectivity index (χ3n) is 9.10. The van der Waals surface area contributed by atoms with Gasteiger partial charge in [0.1, 0.15) is 6.54 Å². The summed E-state index contributed by atoms with van der Waals surface area (Å²) in [5.74, 6) is -0.444. The van der Waals surface area contributed by atoms with Crippen LogP contribution in [-0.2, 0) is 10.4 Å². The van der Waals surface area contributed by atoms with Gasteiger partial charge in [0.05, 0.1) is 20.1 Å². The molecule has 1 heterocycles. The zero-order valence-corrected chi connectivity index (χ0v) is 22.4. The van der Waals surface area contributed by atoms with Crippen LogP contribution in [0.2, 0.25) is 0 Å². The van der Waals surface area contributed by atoms with Gasteiger partial charge < -0.3 is 14.5 Å². The van der Waals surface area contributed by atoms with Crippen molar-refractivity contribution in [1.82, 2.24) is 4.90 Å². The van der Waals surface area contributed by atoms with Gasteiger partial charge >= 0.3 is 12.4 Å². The molecule has 3 aliphatic rings. The van der Waals surface area contributed by atoms with Crippen LogP contribution in [0.15, 0.2) is 54.1 Å². The van der Waals surface area contributed by atoms with Crippen LogP contribution in [0.4, 0.5) is 26.3 Å². The molecule has 1 atom stereocenters. The largest absolute Gasteiger partial charge is 0.406 e. The van der Waals surface area contributed by atoms with Gasteiger partial charge in [0.15, 0.2) is 11.0 Å². The van der Waals surface area contributed by atoms with E-state index in [2.05, 4.69) is 0 Å². The highest BCUT2D eigenvalue weighted by molar-refractivity contribution is 5.87. The van der Waals surface area contributed by atoms with Gasteiger partial charge in [-0.2, -0.15) is 26.3 Å². The first kappa shape index (κ1) is 29.6. The van der Waals surface area contributed by atoms with E-state index in [-0.39, 0.29) is 30.5 Å². The molecule has 2 fully saturated rings. The number of rotatable bonds is 6. The van der Waals surface area contributed by atoms with Crippen LogP contribution in [0.25, 0.3) is 0 Å². The maximum atomic E-state index is 13.8. The molecule has 0 radical (unpaired) electrons. The Morgan fingerprint density at radius 2 is 1.54 bits per heavy atom. The van der Waals surface area contributed by atoms with Crippen molar-refractivity contribution in [2.45, 2.75) is 68.9 Å². The van der Waals surface area contributed by atoms with Gasteiger partial charge in [-0.15, -0.1) is 0 Å². The molecular formula is C29H37F6N2O2+. The van der Waals surface area contributed by atoms with E-state index in [0.29, 0.717) is 41.6 Å². The molecule has 4 rings (SSSR count). The number of alkyl halides is 6. The van der Waals surface area contributed by atoms with E-state index < -0.39 is 29.8 Å². The summed E-state index contributed by atoms with van der Waals surface area (Å²) in [6, 6.07) is 9.11. The Morgan fingerprint density at radius 1 is 0.974 bits per heavy atom. The third-order valence-corrected chi connectivity index (χ3v) is 9.10. The van der Waals surface area contributed by atoms with E-state index in [1.54, 1.807) is 17.0 Å². The number of amides is 1. The van der Waals surface area contributed by atoms with Crippen LogP contribution >= 0.6 is 0 Å². The molecule has 1 saturated heterocycles. The Labute approximate surface area is 225 Å². The number of nitrogens with zero attached hydrogens (tertiary/aromatic N) is 2. The normalized spacial score (nSPS) is 23.0. The summed E-state index contributed by atoms with van der Waals surface area (Å²) in [7, 11) is 3.82. The number of benzene rings is 1. The lowest BCUT2D eigenvalue weighted by molar-refractivity contribution is -0.911. The van der Waals surface area contributed by atoms with Crippen molar-refractivity contribution in [3.8, 4) is 0 Å². The fraction of sp³-hybridized carbons (Fsp3) is 0.621. The summed E-state index contributed by atoms with van der Waals surface area (Å²) in [4.78, 5) is 15.5. The van der Waals surface area contributed by atoms with Gasteiger partial charge in [0.25, 0.3) is 5.91 Å². The lowest BCUT2D eigenvalue weighted by atomic mass is 9.78. The highest BCUT2D eigenvalue weighted by atomic mass is 19.4. The zero-order chi connectivity index (χ0) is 28.7. The van der Waals surface area contributed by atoms with Gasteiger partial charge in [-0.05, 0) is 24.8 Å². The molecule has 1 N–H and O–H groups in total. The molecule has 2 aliphatic carbocycles. The Bertz CT molecular complexity index is 1070. The molecule has 0 spiro atoms. The van der Waals surface area contributed by atoms with Crippen molar-refractivity contribution < 1.29 is 40.7 Å². The van der Waals surface area contributed by atoms with E-state index in [0.717, 1.165) is 37.8 Å². The number of hydrogen-bond donors (Lipinski definition) is 1. The molecule has 0 bridgehead atoms. The van der Waals surface area contributed by atoms with Crippen molar-refractivity contribution in [2.24, 2.45) is 11.3 Å². The summed E-state index contributed by atoms with van der Waals surface area (Å²) in [6.07, 6.45) is -5.03. The topological polar surface area (TPSA) is 40.5 Å². The number of quaternary nitrogens is 1. The van der Waals surface area contributed by atoms with E-state index in [1.807, 2.05) is 32.3 Å². The summed E-state index contributed by atoms with van der Waals surface area (Å²) in [5.41, 5.74) is -4.41. The SMILES string of the molecule is C[N+](C)(CC1=CCC(C(F)(F)F)(C(F)(F)F)C=C1)C1CCN(C(=O)C(O)(c2ccccc2)C2CCCC2)CC1. The molecule has 1 aromatic carbocycles. The van der Waals surface area contributed by atoms with E-state index in [4.69, 9.17) is 0 Å². The van der Waals surface area contributed by atoms with Crippen LogP contribution in [0.5, 0.6) is 0 Å². The highest BCUT2D eigenvalue weighted by Crippen LogP contribution is 2.55. The first-order valence-corrected chi connectivity index (χ1v) is 13.5.